The van der Waals surface area contributed by atoms with E-state index < -0.39 is 6.04 Å². The van der Waals surface area contributed by atoms with E-state index in [0.717, 1.165) is 45.5 Å². The number of fused-ring (bicyclic) bond motifs is 1. The van der Waals surface area contributed by atoms with Gasteiger partial charge in [-0.3, -0.25) is 9.78 Å². The molecule has 5 rings (SSSR count). The zero-order valence-corrected chi connectivity index (χ0v) is 22.5. The number of amides is 1. The van der Waals surface area contributed by atoms with Crippen LogP contribution in [-0.4, -0.2) is 45.1 Å². The Hall–Kier alpha value is -4.62. The molecular formula is C33H35N5O2. The number of hydrogen-bond donors (Lipinski definition) is 4. The van der Waals surface area contributed by atoms with E-state index in [2.05, 4.69) is 26.7 Å². The average molecular weight is 534 g/mol. The lowest BCUT2D eigenvalue weighted by Crippen LogP contribution is -2.44. The van der Waals surface area contributed by atoms with Crippen molar-refractivity contribution < 1.29 is 9.90 Å². The Labute approximate surface area is 234 Å². The molecule has 0 radical (unpaired) electrons. The van der Waals surface area contributed by atoms with Crippen molar-refractivity contribution in [1.29, 1.82) is 0 Å². The van der Waals surface area contributed by atoms with Crippen LogP contribution in [-0.2, 0) is 17.8 Å². The third-order valence-electron chi connectivity index (χ3n) is 6.96. The standard InChI is InChI=1S/C33H35N5O2/c39-21-7-6-20-38(24-25-8-2-1-3-9-25)33(40)32(22-26-23-35-31-11-5-4-10-30(26)31)37-28-14-12-27(13-15-28)36-29-16-18-34-19-17-29/h1-5,8-19,23,32,35,37,39H,6-7,20-22,24H2,(H,34,36). The van der Waals surface area contributed by atoms with E-state index in [1.807, 2.05) is 96.0 Å². The van der Waals surface area contributed by atoms with Gasteiger partial charge in [0.2, 0.25) is 5.91 Å². The van der Waals surface area contributed by atoms with Crippen LogP contribution >= 0.6 is 0 Å². The van der Waals surface area contributed by atoms with Crippen LogP contribution in [0.4, 0.5) is 17.1 Å². The van der Waals surface area contributed by atoms with Gasteiger partial charge in [-0.15, -0.1) is 0 Å². The summed E-state index contributed by atoms with van der Waals surface area (Å²) >= 11 is 0. The first-order chi connectivity index (χ1) is 19.7. The second-order valence-electron chi connectivity index (χ2n) is 9.87. The van der Waals surface area contributed by atoms with Crippen LogP contribution in [0, 0.1) is 0 Å². The molecule has 4 N–H and O–H groups in total. The van der Waals surface area contributed by atoms with Gasteiger partial charge < -0.3 is 25.6 Å². The summed E-state index contributed by atoms with van der Waals surface area (Å²) in [4.78, 5) is 23.5. The highest BCUT2D eigenvalue weighted by atomic mass is 16.3. The van der Waals surface area contributed by atoms with E-state index in [0.29, 0.717) is 25.9 Å². The molecule has 2 aromatic heterocycles. The Morgan fingerprint density at radius 2 is 1.55 bits per heavy atom. The number of aromatic amines is 1. The molecule has 204 valence electrons. The van der Waals surface area contributed by atoms with Crippen LogP contribution < -0.4 is 10.6 Å². The van der Waals surface area contributed by atoms with Gasteiger partial charge in [-0.05, 0) is 66.4 Å². The van der Waals surface area contributed by atoms with Crippen molar-refractivity contribution in [3.63, 3.8) is 0 Å². The molecule has 0 aliphatic carbocycles. The number of aromatic nitrogens is 2. The number of aliphatic hydroxyl groups excluding tert-OH is 1. The van der Waals surface area contributed by atoms with Crippen LogP contribution in [0.3, 0.4) is 0 Å². The summed E-state index contributed by atoms with van der Waals surface area (Å²) in [5.74, 6) is 0.0334. The van der Waals surface area contributed by atoms with Crippen molar-refractivity contribution in [3.05, 3.63) is 121 Å². The Bertz CT molecular complexity index is 1490. The van der Waals surface area contributed by atoms with Crippen molar-refractivity contribution >= 4 is 33.9 Å². The number of carbonyl (C=O) groups excluding carboxylic acids is 1. The molecule has 7 nitrogen and oxygen atoms in total. The van der Waals surface area contributed by atoms with E-state index in [4.69, 9.17) is 0 Å². The largest absolute Gasteiger partial charge is 0.396 e. The number of benzene rings is 3. The molecular weight excluding hydrogens is 498 g/mol. The van der Waals surface area contributed by atoms with Gasteiger partial charge in [-0.1, -0.05) is 48.5 Å². The number of aliphatic hydroxyl groups is 1. The maximum Gasteiger partial charge on any atom is 0.245 e. The maximum absolute atomic E-state index is 14.2. The average Bonchev–Trinajstić information content (AvgIpc) is 3.41. The number of hydrogen-bond acceptors (Lipinski definition) is 5. The number of nitrogens with zero attached hydrogens (tertiary/aromatic N) is 2. The van der Waals surface area contributed by atoms with Crippen LogP contribution in [0.25, 0.3) is 10.9 Å². The summed E-state index contributed by atoms with van der Waals surface area (Å²) in [6.45, 7) is 1.21. The van der Waals surface area contributed by atoms with Crippen molar-refractivity contribution in [1.82, 2.24) is 14.9 Å². The number of pyridine rings is 1. The Morgan fingerprint density at radius 3 is 2.33 bits per heavy atom. The molecule has 0 saturated carbocycles. The maximum atomic E-state index is 14.2. The summed E-state index contributed by atoms with van der Waals surface area (Å²) in [5.41, 5.74) is 6.01. The molecule has 0 saturated heterocycles. The van der Waals surface area contributed by atoms with Crippen LogP contribution in [0.2, 0.25) is 0 Å². The summed E-state index contributed by atoms with van der Waals surface area (Å²) in [6, 6.07) is 29.6. The van der Waals surface area contributed by atoms with Crippen LogP contribution in [0.15, 0.2) is 110 Å². The lowest BCUT2D eigenvalue weighted by Gasteiger charge is -2.29. The first-order valence-electron chi connectivity index (χ1n) is 13.7. The minimum Gasteiger partial charge on any atom is -0.396 e. The van der Waals surface area contributed by atoms with Gasteiger partial charge in [0.05, 0.1) is 0 Å². The molecule has 2 heterocycles. The number of anilines is 3. The summed E-state index contributed by atoms with van der Waals surface area (Å²) < 4.78 is 0. The molecule has 1 atom stereocenters. The summed E-state index contributed by atoms with van der Waals surface area (Å²) in [5, 5.41) is 17.4. The fourth-order valence-corrected chi connectivity index (χ4v) is 4.88. The number of rotatable bonds is 13. The van der Waals surface area contributed by atoms with E-state index >= 15 is 0 Å². The van der Waals surface area contributed by atoms with Gasteiger partial charge in [0, 0.05) is 72.7 Å². The van der Waals surface area contributed by atoms with Crippen LogP contribution in [0.1, 0.15) is 24.0 Å². The molecule has 0 spiro atoms. The van der Waals surface area contributed by atoms with Gasteiger partial charge >= 0.3 is 0 Å². The second-order valence-corrected chi connectivity index (χ2v) is 9.87. The van der Waals surface area contributed by atoms with Crippen LogP contribution in [0.5, 0.6) is 0 Å². The lowest BCUT2D eigenvalue weighted by molar-refractivity contribution is -0.132. The topological polar surface area (TPSA) is 93.3 Å². The molecule has 0 fully saturated rings. The molecule has 7 heteroatoms. The van der Waals surface area contributed by atoms with Gasteiger partial charge in [-0.2, -0.15) is 0 Å². The number of carbonyl (C=O) groups is 1. The highest BCUT2D eigenvalue weighted by Crippen LogP contribution is 2.23. The Balaban J connectivity index is 1.39. The van der Waals surface area contributed by atoms with E-state index in [1.54, 1.807) is 12.4 Å². The monoisotopic (exact) mass is 533 g/mol. The van der Waals surface area contributed by atoms with Gasteiger partial charge in [-0.25, -0.2) is 0 Å². The van der Waals surface area contributed by atoms with Crippen molar-refractivity contribution in [2.24, 2.45) is 0 Å². The van der Waals surface area contributed by atoms with Gasteiger partial charge in [0.1, 0.15) is 6.04 Å². The van der Waals surface area contributed by atoms with E-state index in [9.17, 15) is 9.90 Å². The molecule has 0 bridgehead atoms. The minimum absolute atomic E-state index is 0.0334. The number of unbranched alkanes of at least 4 members (excludes halogenated alkanes) is 1. The van der Waals surface area contributed by atoms with Crippen molar-refractivity contribution in [2.45, 2.75) is 31.8 Å². The quantitative estimate of drug-likeness (QED) is 0.137. The fraction of sp³-hybridized carbons (Fsp3) is 0.212. The number of H-pyrrole nitrogens is 1. The highest BCUT2D eigenvalue weighted by Gasteiger charge is 2.26. The normalized spacial score (nSPS) is 11.7. The SMILES string of the molecule is O=C(C(Cc1c[nH]c2ccccc12)Nc1ccc(Nc2ccncc2)cc1)N(CCCCO)Cc1ccccc1. The number of para-hydroxylation sites is 1. The molecule has 0 aliphatic rings. The third-order valence-corrected chi connectivity index (χ3v) is 6.96. The predicted molar refractivity (Wildman–Crippen MR) is 162 cm³/mol. The van der Waals surface area contributed by atoms with Gasteiger partial charge in [0.15, 0.2) is 0 Å². The van der Waals surface area contributed by atoms with E-state index in [1.165, 1.54) is 0 Å². The molecule has 0 aliphatic heterocycles. The zero-order chi connectivity index (χ0) is 27.6. The predicted octanol–water partition coefficient (Wildman–Crippen LogP) is 6.13. The molecule has 1 unspecified atom stereocenters. The second kappa shape index (κ2) is 13.4. The lowest BCUT2D eigenvalue weighted by atomic mass is 10.0. The zero-order valence-electron chi connectivity index (χ0n) is 22.5. The van der Waals surface area contributed by atoms with Crippen molar-refractivity contribution in [2.75, 3.05) is 23.8 Å². The number of nitrogens with one attached hydrogen (secondary N) is 3. The molecule has 1 amide bonds. The minimum atomic E-state index is -0.476. The molecule has 40 heavy (non-hydrogen) atoms. The molecule has 5 aromatic rings. The Kier molecular flexibility index (Phi) is 9.06. The summed E-state index contributed by atoms with van der Waals surface area (Å²) in [6.07, 6.45) is 7.43. The Morgan fingerprint density at radius 1 is 0.850 bits per heavy atom. The molecule has 3 aromatic carbocycles. The first-order valence-corrected chi connectivity index (χ1v) is 13.7. The fourth-order valence-electron chi connectivity index (χ4n) is 4.88. The summed E-state index contributed by atoms with van der Waals surface area (Å²) in [7, 11) is 0. The van der Waals surface area contributed by atoms with Crippen molar-refractivity contribution in [3.8, 4) is 0 Å². The first kappa shape index (κ1) is 27.0. The third kappa shape index (κ3) is 7.07. The smallest absolute Gasteiger partial charge is 0.245 e. The van der Waals surface area contributed by atoms with E-state index in [-0.39, 0.29) is 12.5 Å². The highest BCUT2D eigenvalue weighted by molar-refractivity contribution is 5.88. The van der Waals surface area contributed by atoms with Gasteiger partial charge in [0.25, 0.3) is 0 Å².